The quantitative estimate of drug-likeness (QED) is 0.0740. The number of thioether (sulfide) groups is 1. The van der Waals surface area contributed by atoms with Gasteiger partial charge in [-0.1, -0.05) is 97.0 Å². The van der Waals surface area contributed by atoms with Crippen molar-refractivity contribution in [3.05, 3.63) is 162 Å². The number of aryl methyl sites for hydroxylation is 1. The van der Waals surface area contributed by atoms with Gasteiger partial charge in [-0.05, 0) is 92.4 Å². The number of rotatable bonds is 12. The van der Waals surface area contributed by atoms with E-state index in [-0.39, 0.29) is 0 Å². The van der Waals surface area contributed by atoms with Gasteiger partial charge in [-0.25, -0.2) is 0 Å². The summed E-state index contributed by atoms with van der Waals surface area (Å²) in [7, 11) is -1.77. The Bertz CT molecular complexity index is 1860. The molecule has 7 rings (SSSR count). The van der Waals surface area contributed by atoms with E-state index >= 15 is 0 Å². The third-order valence-corrected chi connectivity index (χ3v) is 15.1. The van der Waals surface area contributed by atoms with Crippen LogP contribution in [0.15, 0.2) is 162 Å². The highest BCUT2D eigenvalue weighted by molar-refractivity contribution is 8.03. The highest BCUT2D eigenvalue weighted by atomic mass is 32.2. The van der Waals surface area contributed by atoms with E-state index in [1.807, 2.05) is 11.8 Å². The maximum Gasteiger partial charge on any atom is 0.213 e. The minimum atomic E-state index is -1.77. The number of hydrogen-bond donors (Lipinski definition) is 0. The molecule has 0 N–H and O–H groups in total. The van der Waals surface area contributed by atoms with Crippen molar-refractivity contribution in [2.24, 2.45) is 0 Å². The zero-order valence-corrected chi connectivity index (χ0v) is 28.9. The molecule has 2 nitrogen and oxygen atoms in total. The highest BCUT2D eigenvalue weighted by Crippen LogP contribution is 2.56. The van der Waals surface area contributed by atoms with Crippen LogP contribution in [0.5, 0.6) is 0 Å². The molecule has 1 aliphatic heterocycles. The molecule has 0 aliphatic carbocycles. The van der Waals surface area contributed by atoms with Crippen LogP contribution in [0.3, 0.4) is 0 Å². The number of unbranched alkanes of at least 4 members (excludes halogenated alkanes) is 3. The summed E-state index contributed by atoms with van der Waals surface area (Å²) in [5.41, 5.74) is 3.92. The minimum absolute atomic E-state index is 0.967. The van der Waals surface area contributed by atoms with Crippen molar-refractivity contribution in [1.29, 1.82) is 0 Å². The fourth-order valence-corrected chi connectivity index (χ4v) is 12.6. The number of anilines is 1. The van der Waals surface area contributed by atoms with Gasteiger partial charge in [0.25, 0.3) is 0 Å². The molecule has 0 fully saturated rings. The van der Waals surface area contributed by atoms with Crippen molar-refractivity contribution >= 4 is 57.6 Å². The van der Waals surface area contributed by atoms with Gasteiger partial charge in [0.2, 0.25) is 5.52 Å². The first-order valence-corrected chi connectivity index (χ1v) is 19.8. The summed E-state index contributed by atoms with van der Waals surface area (Å²) < 4.78 is 2.33. The van der Waals surface area contributed by atoms with Gasteiger partial charge in [0, 0.05) is 23.6 Å². The topological polar surface area (TPSA) is 7.12 Å². The summed E-state index contributed by atoms with van der Waals surface area (Å²) in [5, 5.41) is 7.08. The Morgan fingerprint density at radius 2 is 1.19 bits per heavy atom. The van der Waals surface area contributed by atoms with Crippen LogP contribution in [-0.4, -0.2) is 12.7 Å². The summed E-state index contributed by atoms with van der Waals surface area (Å²) in [6, 6.07) is 53.9. The lowest BCUT2D eigenvalue weighted by Crippen LogP contribution is -2.33. The first-order valence-electron chi connectivity index (χ1n) is 17.0. The molecule has 6 aromatic rings. The molecule has 0 saturated heterocycles. The first kappa shape index (κ1) is 31.4. The van der Waals surface area contributed by atoms with E-state index in [0.29, 0.717) is 0 Å². The molecular weight excluding hydrogens is 608 g/mol. The average Bonchev–Trinajstić information content (AvgIpc) is 3.49. The smallest absolute Gasteiger partial charge is 0.213 e. The number of benzene rings is 5. The van der Waals surface area contributed by atoms with Crippen LogP contribution < -0.4 is 25.4 Å². The lowest BCUT2D eigenvalue weighted by atomic mass is 10.1. The van der Waals surface area contributed by atoms with Crippen molar-refractivity contribution in [3.8, 4) is 0 Å². The summed E-state index contributed by atoms with van der Waals surface area (Å²) in [6.45, 7) is 4.21. The molecule has 1 aromatic heterocycles. The normalized spacial score (nSPS) is 13.7. The first-order chi connectivity index (χ1) is 23.3. The maximum absolute atomic E-state index is 2.56. The zero-order chi connectivity index (χ0) is 31.9. The summed E-state index contributed by atoms with van der Waals surface area (Å²) in [4.78, 5) is 3.91. The van der Waals surface area contributed by atoms with E-state index in [9.17, 15) is 0 Å². The average molecular weight is 651 g/mol. The minimum Gasteiger partial charge on any atom is -0.335 e. The third-order valence-electron chi connectivity index (χ3n) is 9.43. The molecule has 1 aliphatic rings. The molecule has 234 valence electrons. The van der Waals surface area contributed by atoms with Crippen molar-refractivity contribution in [1.82, 2.24) is 0 Å². The molecule has 0 amide bonds. The number of pyridine rings is 1. The highest BCUT2D eigenvalue weighted by Gasteiger charge is 2.44. The van der Waals surface area contributed by atoms with Crippen LogP contribution >= 0.6 is 19.0 Å². The fourth-order valence-electron chi connectivity index (χ4n) is 7.09. The van der Waals surface area contributed by atoms with Gasteiger partial charge >= 0.3 is 0 Å². The number of nitrogens with zero attached hydrogens (tertiary/aromatic N) is 2. The Labute approximate surface area is 285 Å². The number of aromatic nitrogens is 1. The van der Waals surface area contributed by atoms with E-state index < -0.39 is 7.26 Å². The standard InChI is InChI=1S/C43H43N2PS/c1-2-44-32-30-35(39-26-14-15-27-40(39)44)34-43-45(41-28-16-17-29-42(41)47-43)31-18-3-4-19-33-46(36-20-8-5-9-21-36,37-22-10-6-11-23-37)38-24-12-7-13-25-38/h5-17,20-30,32,34H,2-4,18-19,31,33H2,1H3/q+2. The predicted octanol–water partition coefficient (Wildman–Crippen LogP) is 9.61. The summed E-state index contributed by atoms with van der Waals surface area (Å²) in [6.07, 6.45) is 10.7. The third kappa shape index (κ3) is 6.53. The van der Waals surface area contributed by atoms with E-state index in [2.05, 4.69) is 174 Å². The van der Waals surface area contributed by atoms with Gasteiger partial charge in [-0.3, -0.25) is 0 Å². The molecule has 47 heavy (non-hydrogen) atoms. The monoisotopic (exact) mass is 650 g/mol. The van der Waals surface area contributed by atoms with Crippen LogP contribution in [0.1, 0.15) is 38.2 Å². The number of fused-ring (bicyclic) bond motifs is 2. The van der Waals surface area contributed by atoms with Gasteiger partial charge in [0.15, 0.2) is 6.20 Å². The Hall–Kier alpha value is -4.17. The second kappa shape index (κ2) is 14.7. The molecule has 0 atom stereocenters. The predicted molar refractivity (Wildman–Crippen MR) is 206 cm³/mol. The summed E-state index contributed by atoms with van der Waals surface area (Å²) in [5.74, 6) is 0. The largest absolute Gasteiger partial charge is 0.335 e. The van der Waals surface area contributed by atoms with Gasteiger partial charge < -0.3 is 4.90 Å². The van der Waals surface area contributed by atoms with Gasteiger partial charge in [0.05, 0.1) is 22.3 Å². The van der Waals surface area contributed by atoms with Crippen molar-refractivity contribution in [2.45, 2.75) is 44.0 Å². The Morgan fingerprint density at radius 3 is 1.85 bits per heavy atom. The van der Waals surface area contributed by atoms with Crippen LogP contribution in [0.2, 0.25) is 0 Å². The van der Waals surface area contributed by atoms with Crippen LogP contribution in [0, 0.1) is 0 Å². The summed E-state index contributed by atoms with van der Waals surface area (Å²) >= 11 is 1.91. The number of hydrogen-bond acceptors (Lipinski definition) is 2. The Morgan fingerprint density at radius 1 is 0.617 bits per heavy atom. The Balaban J connectivity index is 1.09. The van der Waals surface area contributed by atoms with Crippen molar-refractivity contribution in [2.75, 3.05) is 17.6 Å². The molecule has 2 heterocycles. The van der Waals surface area contributed by atoms with Crippen LogP contribution in [0.4, 0.5) is 5.69 Å². The fraction of sp³-hybridized carbons (Fsp3) is 0.186. The van der Waals surface area contributed by atoms with Crippen LogP contribution in [0.25, 0.3) is 17.0 Å². The molecule has 0 radical (unpaired) electrons. The van der Waals surface area contributed by atoms with E-state index in [1.165, 1.54) is 79.8 Å². The van der Waals surface area contributed by atoms with Gasteiger partial charge in [0.1, 0.15) is 29.7 Å². The number of para-hydroxylation sites is 2. The van der Waals surface area contributed by atoms with Crippen molar-refractivity contribution < 1.29 is 4.57 Å². The zero-order valence-electron chi connectivity index (χ0n) is 27.2. The van der Waals surface area contributed by atoms with Crippen molar-refractivity contribution in [3.63, 3.8) is 0 Å². The molecule has 5 aromatic carbocycles. The molecule has 0 spiro atoms. The molecular formula is C43H43N2PS+2. The van der Waals surface area contributed by atoms with Gasteiger partial charge in [-0.15, -0.1) is 0 Å². The second-order valence-corrected chi connectivity index (χ2v) is 16.9. The molecule has 4 heteroatoms. The Kier molecular flexibility index (Phi) is 9.84. The van der Waals surface area contributed by atoms with E-state index in [1.54, 1.807) is 0 Å². The second-order valence-electron chi connectivity index (χ2n) is 12.2. The molecule has 0 unspecified atom stereocenters. The van der Waals surface area contributed by atoms with Gasteiger partial charge in [-0.2, -0.15) is 4.57 Å². The SMILES string of the molecule is CC[n+]1ccc(/C=C2\Sc3ccccc3N2CCCCCC[P+](c2ccccc2)(c2ccccc2)c2ccccc2)c2ccccc21. The van der Waals surface area contributed by atoms with E-state index in [0.717, 1.165) is 13.1 Å². The molecule has 0 bridgehead atoms. The lowest BCUT2D eigenvalue weighted by Gasteiger charge is -2.28. The molecule has 0 saturated carbocycles. The lowest BCUT2D eigenvalue weighted by molar-refractivity contribution is -0.667. The van der Waals surface area contributed by atoms with Crippen LogP contribution in [-0.2, 0) is 6.54 Å². The van der Waals surface area contributed by atoms with E-state index in [4.69, 9.17) is 0 Å². The maximum atomic E-state index is 2.56.